The fourth-order valence-corrected chi connectivity index (χ4v) is 3.66. The highest BCUT2D eigenvalue weighted by molar-refractivity contribution is 5.80. The molecule has 1 fully saturated rings. The van der Waals surface area contributed by atoms with Gasteiger partial charge < -0.3 is 14.4 Å². The van der Waals surface area contributed by atoms with Crippen molar-refractivity contribution >= 4 is 11.6 Å². The second-order valence-corrected chi connectivity index (χ2v) is 7.44. The standard InChI is InChI=1S/C20H29N5O/c1-14(2)19-21-6-7-25(19)17(5)20(26)24-10-8-23(9-11-24)18-12-15(3)22-16(4)13-18/h6-7,12-14,17H,8-11H2,1-5H3/t17-/m1/s1. The van der Waals surface area contributed by atoms with Crippen LogP contribution in [-0.4, -0.2) is 51.5 Å². The van der Waals surface area contributed by atoms with Crippen molar-refractivity contribution in [3.8, 4) is 0 Å². The first-order valence-electron chi connectivity index (χ1n) is 9.38. The maximum atomic E-state index is 13.0. The number of aryl methyl sites for hydroxylation is 2. The topological polar surface area (TPSA) is 54.3 Å². The summed E-state index contributed by atoms with van der Waals surface area (Å²) in [5.41, 5.74) is 3.27. The molecule has 6 nitrogen and oxygen atoms in total. The molecule has 26 heavy (non-hydrogen) atoms. The molecule has 0 bridgehead atoms. The summed E-state index contributed by atoms with van der Waals surface area (Å²) in [6.45, 7) is 13.4. The number of amides is 1. The molecular formula is C20H29N5O. The Morgan fingerprint density at radius 2 is 1.65 bits per heavy atom. The third-order valence-electron chi connectivity index (χ3n) is 5.01. The van der Waals surface area contributed by atoms with Crippen LogP contribution in [0.4, 0.5) is 5.69 Å². The Bertz CT molecular complexity index is 754. The molecule has 6 heteroatoms. The van der Waals surface area contributed by atoms with E-state index in [-0.39, 0.29) is 11.9 Å². The van der Waals surface area contributed by atoms with Gasteiger partial charge in [0.05, 0.1) is 0 Å². The molecule has 0 saturated carbocycles. The third-order valence-corrected chi connectivity index (χ3v) is 5.01. The quantitative estimate of drug-likeness (QED) is 0.846. The minimum atomic E-state index is -0.216. The van der Waals surface area contributed by atoms with Gasteiger partial charge in [0.2, 0.25) is 5.91 Å². The van der Waals surface area contributed by atoms with Crippen LogP contribution in [0, 0.1) is 13.8 Å². The predicted molar refractivity (Wildman–Crippen MR) is 104 cm³/mol. The first-order chi connectivity index (χ1) is 12.4. The average Bonchev–Trinajstić information content (AvgIpc) is 3.10. The summed E-state index contributed by atoms with van der Waals surface area (Å²) in [7, 11) is 0. The molecule has 3 heterocycles. The normalized spacial score (nSPS) is 16.2. The summed E-state index contributed by atoms with van der Waals surface area (Å²) in [5, 5.41) is 0. The molecule has 0 aromatic carbocycles. The number of pyridine rings is 1. The van der Waals surface area contributed by atoms with Gasteiger partial charge in [-0.05, 0) is 32.9 Å². The van der Waals surface area contributed by atoms with E-state index in [4.69, 9.17) is 0 Å². The fraction of sp³-hybridized carbons (Fsp3) is 0.550. The van der Waals surface area contributed by atoms with Crippen LogP contribution in [0.5, 0.6) is 0 Å². The summed E-state index contributed by atoms with van der Waals surface area (Å²) < 4.78 is 2.01. The Morgan fingerprint density at radius 1 is 1.04 bits per heavy atom. The average molecular weight is 355 g/mol. The van der Waals surface area contributed by atoms with Crippen LogP contribution < -0.4 is 4.90 Å². The van der Waals surface area contributed by atoms with Crippen molar-refractivity contribution in [3.05, 3.63) is 41.7 Å². The van der Waals surface area contributed by atoms with Gasteiger partial charge in [-0.3, -0.25) is 9.78 Å². The largest absolute Gasteiger partial charge is 0.368 e. The van der Waals surface area contributed by atoms with Gasteiger partial charge in [0.1, 0.15) is 11.9 Å². The Balaban J connectivity index is 1.65. The number of aromatic nitrogens is 3. The number of imidazole rings is 1. The maximum absolute atomic E-state index is 13.0. The van der Waals surface area contributed by atoms with Gasteiger partial charge >= 0.3 is 0 Å². The fourth-order valence-electron chi connectivity index (χ4n) is 3.66. The minimum absolute atomic E-state index is 0.173. The summed E-state index contributed by atoms with van der Waals surface area (Å²) in [6, 6.07) is 4.02. The van der Waals surface area contributed by atoms with Gasteiger partial charge in [0, 0.05) is 61.6 Å². The van der Waals surface area contributed by atoms with Crippen LogP contribution in [0.2, 0.25) is 0 Å². The van der Waals surface area contributed by atoms with Crippen molar-refractivity contribution < 1.29 is 4.79 Å². The van der Waals surface area contributed by atoms with Crippen molar-refractivity contribution in [3.63, 3.8) is 0 Å². The number of piperazine rings is 1. The second-order valence-electron chi connectivity index (χ2n) is 7.44. The van der Waals surface area contributed by atoms with Crippen LogP contribution in [0.1, 0.15) is 49.9 Å². The number of anilines is 1. The molecule has 3 rings (SSSR count). The molecule has 0 unspecified atom stereocenters. The van der Waals surface area contributed by atoms with Crippen LogP contribution in [0.15, 0.2) is 24.5 Å². The zero-order valence-corrected chi connectivity index (χ0v) is 16.4. The van der Waals surface area contributed by atoms with E-state index in [0.717, 1.165) is 43.4 Å². The number of carbonyl (C=O) groups excluding carboxylic acids is 1. The van der Waals surface area contributed by atoms with Crippen molar-refractivity contribution in [1.82, 2.24) is 19.4 Å². The molecule has 1 amide bonds. The van der Waals surface area contributed by atoms with Crippen molar-refractivity contribution in [2.75, 3.05) is 31.1 Å². The molecule has 1 aliphatic heterocycles. The van der Waals surface area contributed by atoms with Gasteiger partial charge in [0.25, 0.3) is 0 Å². The van der Waals surface area contributed by atoms with Crippen molar-refractivity contribution in [1.29, 1.82) is 0 Å². The monoisotopic (exact) mass is 355 g/mol. The Kier molecular flexibility index (Phi) is 5.30. The van der Waals surface area contributed by atoms with E-state index in [2.05, 4.69) is 40.8 Å². The summed E-state index contributed by atoms with van der Waals surface area (Å²) in [5.74, 6) is 1.44. The highest BCUT2D eigenvalue weighted by atomic mass is 16.2. The van der Waals surface area contributed by atoms with E-state index in [1.807, 2.05) is 36.4 Å². The molecule has 0 radical (unpaired) electrons. The summed E-state index contributed by atoms with van der Waals surface area (Å²) in [4.78, 5) is 26.1. The molecular weight excluding hydrogens is 326 g/mol. The summed E-state index contributed by atoms with van der Waals surface area (Å²) >= 11 is 0. The smallest absolute Gasteiger partial charge is 0.245 e. The van der Waals surface area contributed by atoms with Gasteiger partial charge in [-0.1, -0.05) is 13.8 Å². The Labute approximate surface area is 155 Å². The predicted octanol–water partition coefficient (Wildman–Crippen LogP) is 2.93. The third kappa shape index (κ3) is 3.74. The molecule has 2 aromatic rings. The SMILES string of the molecule is Cc1cc(N2CCN(C(=O)[C@@H](C)n3ccnc3C(C)C)CC2)cc(C)n1. The molecule has 1 aliphatic rings. The van der Waals surface area contributed by atoms with Crippen molar-refractivity contribution in [2.45, 2.75) is 46.6 Å². The number of carbonyl (C=O) groups is 1. The lowest BCUT2D eigenvalue weighted by Gasteiger charge is -2.37. The second kappa shape index (κ2) is 7.48. The first-order valence-corrected chi connectivity index (χ1v) is 9.38. The van der Waals surface area contributed by atoms with Gasteiger partial charge in [-0.2, -0.15) is 0 Å². The van der Waals surface area contributed by atoms with E-state index in [0.29, 0.717) is 5.92 Å². The molecule has 0 aliphatic carbocycles. The molecule has 140 valence electrons. The number of hydrogen-bond acceptors (Lipinski definition) is 4. The molecule has 0 N–H and O–H groups in total. The molecule has 2 aromatic heterocycles. The van der Waals surface area contributed by atoms with Crippen LogP contribution in [0.25, 0.3) is 0 Å². The number of nitrogens with zero attached hydrogens (tertiary/aromatic N) is 5. The van der Waals surface area contributed by atoms with Gasteiger partial charge in [0.15, 0.2) is 0 Å². The lowest BCUT2D eigenvalue weighted by atomic mass is 10.1. The zero-order chi connectivity index (χ0) is 18.8. The summed E-state index contributed by atoms with van der Waals surface area (Å²) in [6.07, 6.45) is 3.70. The van der Waals surface area contributed by atoms with Crippen LogP contribution >= 0.6 is 0 Å². The highest BCUT2D eigenvalue weighted by Crippen LogP contribution is 2.22. The Morgan fingerprint density at radius 3 is 2.23 bits per heavy atom. The van der Waals surface area contributed by atoms with E-state index in [1.54, 1.807) is 6.20 Å². The number of hydrogen-bond donors (Lipinski definition) is 0. The van der Waals surface area contributed by atoms with Crippen LogP contribution in [0.3, 0.4) is 0 Å². The first kappa shape index (κ1) is 18.4. The van der Waals surface area contributed by atoms with E-state index in [9.17, 15) is 4.79 Å². The molecule has 1 saturated heterocycles. The highest BCUT2D eigenvalue weighted by Gasteiger charge is 2.27. The molecule has 0 spiro atoms. The number of rotatable bonds is 4. The lowest BCUT2D eigenvalue weighted by molar-refractivity contribution is -0.134. The molecule has 1 atom stereocenters. The lowest BCUT2D eigenvalue weighted by Crippen LogP contribution is -2.50. The van der Waals surface area contributed by atoms with Crippen LogP contribution in [-0.2, 0) is 4.79 Å². The zero-order valence-electron chi connectivity index (χ0n) is 16.4. The van der Waals surface area contributed by atoms with E-state index in [1.165, 1.54) is 5.69 Å². The van der Waals surface area contributed by atoms with Gasteiger partial charge in [-0.25, -0.2) is 4.98 Å². The van der Waals surface area contributed by atoms with E-state index < -0.39 is 0 Å². The van der Waals surface area contributed by atoms with Gasteiger partial charge in [-0.15, -0.1) is 0 Å². The van der Waals surface area contributed by atoms with E-state index >= 15 is 0 Å². The minimum Gasteiger partial charge on any atom is -0.368 e. The maximum Gasteiger partial charge on any atom is 0.245 e. The van der Waals surface area contributed by atoms with Crippen molar-refractivity contribution in [2.24, 2.45) is 0 Å². The Hall–Kier alpha value is -2.37.